The highest BCUT2D eigenvalue weighted by molar-refractivity contribution is 5.98. The lowest BCUT2D eigenvalue weighted by molar-refractivity contribution is -0.459. The van der Waals surface area contributed by atoms with Gasteiger partial charge in [0.1, 0.15) is 12.5 Å². The molecule has 1 aromatic carbocycles. The van der Waals surface area contributed by atoms with Gasteiger partial charge in [-0.25, -0.2) is 4.99 Å². The fraction of sp³-hybridized carbons (Fsp3) is 0.429. The molecule has 1 fully saturated rings. The van der Waals surface area contributed by atoms with Crippen molar-refractivity contribution in [1.82, 2.24) is 0 Å². The van der Waals surface area contributed by atoms with E-state index in [-0.39, 0.29) is 11.9 Å². The topological polar surface area (TPSA) is 40.3 Å². The summed E-state index contributed by atoms with van der Waals surface area (Å²) in [5, 5.41) is 0. The minimum atomic E-state index is -0.0882. The van der Waals surface area contributed by atoms with Gasteiger partial charge in [-0.15, -0.1) is 0 Å². The van der Waals surface area contributed by atoms with Crippen molar-refractivity contribution in [1.29, 1.82) is 0 Å². The summed E-state index contributed by atoms with van der Waals surface area (Å²) in [5.41, 5.74) is 2.34. The number of esters is 1. The average Bonchev–Trinajstić information content (AvgIpc) is 2.77. The molecule has 90 valence electrons. The van der Waals surface area contributed by atoms with Crippen LogP contribution in [0.3, 0.4) is 0 Å². The summed E-state index contributed by atoms with van der Waals surface area (Å²) in [7, 11) is 0. The van der Waals surface area contributed by atoms with Crippen molar-refractivity contribution in [3.8, 4) is 0 Å². The van der Waals surface area contributed by atoms with Crippen molar-refractivity contribution >= 4 is 11.7 Å². The largest absolute Gasteiger partial charge is 0.465 e. The maximum absolute atomic E-state index is 11.4. The highest BCUT2D eigenvalue weighted by Crippen LogP contribution is 2.13. The standard InChI is InChI=1S/C14H17NO2/c1-11(13-8-10-17-14(13)16)15-9-7-12-5-3-2-4-6-12/h2-6,13H,7-10H2,1H3/p+1/t13-/m1/s1. The summed E-state index contributed by atoms with van der Waals surface area (Å²) in [6.45, 7) is 3.39. The highest BCUT2D eigenvalue weighted by atomic mass is 16.5. The van der Waals surface area contributed by atoms with Gasteiger partial charge in [0.05, 0.1) is 6.61 Å². The first-order chi connectivity index (χ1) is 8.27. The van der Waals surface area contributed by atoms with Gasteiger partial charge in [-0.1, -0.05) is 30.3 Å². The fourth-order valence-electron chi connectivity index (χ4n) is 2.06. The zero-order chi connectivity index (χ0) is 12.1. The molecule has 1 atom stereocenters. The maximum Gasteiger partial charge on any atom is 0.319 e. The number of ether oxygens (including phenoxy) is 1. The maximum atomic E-state index is 11.4. The van der Waals surface area contributed by atoms with Crippen LogP contribution >= 0.6 is 0 Å². The number of hydrogen-bond donors (Lipinski definition) is 1. The molecule has 1 aliphatic heterocycles. The number of cyclic esters (lactones) is 1. The lowest BCUT2D eigenvalue weighted by Crippen LogP contribution is -2.74. The van der Waals surface area contributed by atoms with Crippen LogP contribution in [0.5, 0.6) is 0 Å². The Bertz CT molecular complexity index is 411. The summed E-state index contributed by atoms with van der Waals surface area (Å²) in [4.78, 5) is 14.7. The van der Waals surface area contributed by atoms with Crippen molar-refractivity contribution in [2.75, 3.05) is 13.2 Å². The average molecular weight is 232 g/mol. The van der Waals surface area contributed by atoms with Crippen LogP contribution in [-0.4, -0.2) is 24.8 Å². The first-order valence-corrected chi connectivity index (χ1v) is 6.05. The number of carbonyl (C=O) groups excluding carboxylic acids is 1. The Balaban J connectivity index is 1.86. The van der Waals surface area contributed by atoms with Crippen LogP contribution in [-0.2, 0) is 16.0 Å². The third-order valence-corrected chi connectivity index (χ3v) is 3.12. The first kappa shape index (κ1) is 11.8. The van der Waals surface area contributed by atoms with Crippen LogP contribution in [0.25, 0.3) is 0 Å². The zero-order valence-electron chi connectivity index (χ0n) is 10.1. The molecule has 0 aromatic heterocycles. The molecule has 0 radical (unpaired) electrons. The third kappa shape index (κ3) is 3.16. The molecular formula is C14H18NO2+. The molecule has 1 aliphatic rings. The van der Waals surface area contributed by atoms with Gasteiger partial charge in [0.25, 0.3) is 0 Å². The molecule has 1 aromatic rings. The molecule has 0 unspecified atom stereocenters. The Labute approximate surface area is 102 Å². The molecule has 1 heterocycles. The van der Waals surface area contributed by atoms with E-state index >= 15 is 0 Å². The van der Waals surface area contributed by atoms with Gasteiger partial charge in [-0.05, 0) is 5.56 Å². The molecule has 0 spiro atoms. The molecule has 0 amide bonds. The number of nitrogens with one attached hydrogen (secondary N) is 1. The quantitative estimate of drug-likeness (QED) is 0.600. The van der Waals surface area contributed by atoms with Crippen molar-refractivity contribution in [2.24, 2.45) is 5.92 Å². The second-order valence-corrected chi connectivity index (χ2v) is 4.35. The Morgan fingerprint density at radius 1 is 1.41 bits per heavy atom. The van der Waals surface area contributed by atoms with Gasteiger partial charge in [0, 0.05) is 19.8 Å². The second-order valence-electron chi connectivity index (χ2n) is 4.35. The predicted molar refractivity (Wildman–Crippen MR) is 65.7 cm³/mol. The van der Waals surface area contributed by atoms with Gasteiger partial charge in [0.2, 0.25) is 0 Å². The van der Waals surface area contributed by atoms with E-state index < -0.39 is 0 Å². The smallest absolute Gasteiger partial charge is 0.319 e. The van der Waals surface area contributed by atoms with E-state index in [0.29, 0.717) is 6.61 Å². The Hall–Kier alpha value is -1.64. The van der Waals surface area contributed by atoms with Crippen molar-refractivity contribution in [2.45, 2.75) is 19.8 Å². The summed E-state index contributed by atoms with van der Waals surface area (Å²) in [5.74, 6) is -0.138. The summed E-state index contributed by atoms with van der Waals surface area (Å²) >= 11 is 0. The van der Waals surface area contributed by atoms with Gasteiger partial charge < -0.3 is 4.74 Å². The summed E-state index contributed by atoms with van der Waals surface area (Å²) in [6.07, 6.45) is 1.78. The van der Waals surface area contributed by atoms with E-state index in [2.05, 4.69) is 17.1 Å². The lowest BCUT2D eigenvalue weighted by Gasteiger charge is -2.00. The number of rotatable bonds is 4. The minimum Gasteiger partial charge on any atom is -0.465 e. The van der Waals surface area contributed by atoms with E-state index in [4.69, 9.17) is 4.74 Å². The zero-order valence-corrected chi connectivity index (χ0v) is 10.1. The van der Waals surface area contributed by atoms with Gasteiger partial charge >= 0.3 is 5.97 Å². The Morgan fingerprint density at radius 3 is 2.82 bits per heavy atom. The Kier molecular flexibility index (Phi) is 3.91. The van der Waals surface area contributed by atoms with Crippen LogP contribution in [0.1, 0.15) is 18.9 Å². The minimum absolute atomic E-state index is 0.0502. The third-order valence-electron chi connectivity index (χ3n) is 3.12. The molecule has 0 bridgehead atoms. The monoisotopic (exact) mass is 232 g/mol. The van der Waals surface area contributed by atoms with Gasteiger partial charge in [-0.3, -0.25) is 4.79 Å². The summed E-state index contributed by atoms with van der Waals surface area (Å²) in [6, 6.07) is 10.3. The summed E-state index contributed by atoms with van der Waals surface area (Å²) < 4.78 is 4.95. The van der Waals surface area contributed by atoms with Crippen molar-refractivity contribution in [3.63, 3.8) is 0 Å². The molecular weight excluding hydrogens is 214 g/mol. The predicted octanol–water partition coefficient (Wildman–Crippen LogP) is 0.334. The van der Waals surface area contributed by atoms with E-state index in [9.17, 15) is 4.79 Å². The van der Waals surface area contributed by atoms with Crippen LogP contribution in [0.4, 0.5) is 0 Å². The second kappa shape index (κ2) is 5.62. The van der Waals surface area contributed by atoms with E-state index in [1.807, 2.05) is 25.1 Å². The molecule has 0 saturated carbocycles. The van der Waals surface area contributed by atoms with E-state index in [1.54, 1.807) is 0 Å². The number of benzene rings is 1. The van der Waals surface area contributed by atoms with Gasteiger partial charge in [0.15, 0.2) is 5.71 Å². The molecule has 0 aliphatic carbocycles. The van der Waals surface area contributed by atoms with Crippen LogP contribution in [0.15, 0.2) is 30.3 Å². The molecule has 1 saturated heterocycles. The van der Waals surface area contributed by atoms with Crippen LogP contribution in [0, 0.1) is 5.92 Å². The first-order valence-electron chi connectivity index (χ1n) is 6.05. The van der Waals surface area contributed by atoms with Gasteiger partial charge in [-0.2, -0.15) is 0 Å². The van der Waals surface area contributed by atoms with Crippen LogP contribution in [0.2, 0.25) is 0 Å². The van der Waals surface area contributed by atoms with E-state index in [0.717, 1.165) is 25.1 Å². The molecule has 3 heteroatoms. The molecule has 1 N–H and O–H groups in total. The van der Waals surface area contributed by atoms with Crippen molar-refractivity contribution < 1.29 is 14.5 Å². The van der Waals surface area contributed by atoms with Crippen molar-refractivity contribution in [3.05, 3.63) is 35.9 Å². The molecule has 17 heavy (non-hydrogen) atoms. The molecule has 2 rings (SSSR count). The number of carbonyl (C=O) groups is 1. The fourth-order valence-corrected chi connectivity index (χ4v) is 2.06. The highest BCUT2D eigenvalue weighted by Gasteiger charge is 2.32. The van der Waals surface area contributed by atoms with Crippen LogP contribution < -0.4 is 4.99 Å². The Morgan fingerprint density at radius 2 is 2.18 bits per heavy atom. The van der Waals surface area contributed by atoms with E-state index in [1.165, 1.54) is 5.56 Å². The lowest BCUT2D eigenvalue weighted by atomic mass is 10.0. The SMILES string of the molecule is CC(=[NH+]CCc1ccccc1)[C@H]1CCOC1=O. The number of hydrogen-bond acceptors (Lipinski definition) is 2. The molecule has 3 nitrogen and oxygen atoms in total. The normalized spacial score (nSPS) is 20.4.